The molecule has 2 atom stereocenters. The van der Waals surface area contributed by atoms with Gasteiger partial charge >= 0.3 is 5.97 Å². The third-order valence-corrected chi connectivity index (χ3v) is 7.54. The van der Waals surface area contributed by atoms with Crippen LogP contribution in [0, 0.1) is 5.92 Å². The number of fused-ring (bicyclic) bond motifs is 1. The minimum absolute atomic E-state index is 0.228. The molecule has 1 saturated carbocycles. The first kappa shape index (κ1) is 26.2. The summed E-state index contributed by atoms with van der Waals surface area (Å²) in [6.45, 7) is 5.49. The Bertz CT molecular complexity index is 1280. The van der Waals surface area contributed by atoms with Gasteiger partial charge in [0.15, 0.2) is 5.60 Å². The van der Waals surface area contributed by atoms with Crippen molar-refractivity contribution in [2.75, 3.05) is 19.7 Å². The first-order valence-corrected chi connectivity index (χ1v) is 13.4. The number of nitrogens with one attached hydrogen (secondary N) is 1. The third-order valence-electron chi connectivity index (χ3n) is 7.54. The standard InChI is InChI=1S/C31H36N2O5/c1-31(2,30(35)36)38-28-11-9-27(10-12-28)37-14-13-25-20-33(19-22-16-26(34)17-22)29(32-25)18-21-7-8-23-5-3-4-6-24(23)15-21/h3-12,15,22,25,29,32H,13-14,16-20H2,1-2H3,(H,35,36). The van der Waals surface area contributed by atoms with Gasteiger partial charge in [-0.25, -0.2) is 4.79 Å². The van der Waals surface area contributed by atoms with E-state index in [1.165, 1.54) is 30.2 Å². The maximum atomic E-state index is 11.6. The number of aliphatic carboxylic acids is 1. The molecule has 2 fully saturated rings. The fourth-order valence-electron chi connectivity index (χ4n) is 5.30. The van der Waals surface area contributed by atoms with Crippen molar-refractivity contribution >= 4 is 22.5 Å². The highest BCUT2D eigenvalue weighted by molar-refractivity contribution is 5.84. The molecule has 7 nitrogen and oxygen atoms in total. The van der Waals surface area contributed by atoms with Crippen LogP contribution in [0.15, 0.2) is 66.7 Å². The van der Waals surface area contributed by atoms with Crippen molar-refractivity contribution in [3.8, 4) is 11.5 Å². The quantitative estimate of drug-likeness (QED) is 0.383. The van der Waals surface area contributed by atoms with Gasteiger partial charge in [0.05, 0.1) is 12.8 Å². The van der Waals surface area contributed by atoms with Crippen molar-refractivity contribution in [2.24, 2.45) is 5.92 Å². The molecule has 2 aliphatic rings. The van der Waals surface area contributed by atoms with E-state index in [9.17, 15) is 14.7 Å². The Hall–Kier alpha value is -3.42. The van der Waals surface area contributed by atoms with E-state index < -0.39 is 11.6 Å². The minimum atomic E-state index is -1.29. The first-order chi connectivity index (χ1) is 18.2. The number of rotatable bonds is 11. The molecule has 1 saturated heterocycles. The number of hydrogen-bond donors (Lipinski definition) is 2. The molecule has 2 N–H and O–H groups in total. The van der Waals surface area contributed by atoms with Crippen molar-refractivity contribution in [2.45, 2.75) is 57.3 Å². The highest BCUT2D eigenvalue weighted by atomic mass is 16.5. The monoisotopic (exact) mass is 516 g/mol. The fraction of sp³-hybridized carbons (Fsp3) is 0.419. The molecule has 0 aromatic heterocycles. The molecule has 0 radical (unpaired) electrons. The smallest absolute Gasteiger partial charge is 0.347 e. The van der Waals surface area contributed by atoms with E-state index in [0.717, 1.165) is 31.7 Å². The van der Waals surface area contributed by atoms with Gasteiger partial charge in [0, 0.05) is 38.4 Å². The lowest BCUT2D eigenvalue weighted by atomic mass is 9.83. The normalized spacial score (nSPS) is 20.4. The summed E-state index contributed by atoms with van der Waals surface area (Å²) in [5.41, 5.74) is 0.0135. The molecule has 2 unspecified atom stereocenters. The van der Waals surface area contributed by atoms with Crippen molar-refractivity contribution in [1.29, 1.82) is 0 Å². The second-order valence-corrected chi connectivity index (χ2v) is 11.1. The van der Waals surface area contributed by atoms with Gasteiger partial charge in [-0.05, 0) is 66.8 Å². The predicted molar refractivity (Wildman–Crippen MR) is 147 cm³/mol. The molecule has 0 bridgehead atoms. The van der Waals surface area contributed by atoms with E-state index >= 15 is 0 Å². The lowest BCUT2D eigenvalue weighted by molar-refractivity contribution is -0.152. The number of carboxylic acid groups (broad SMARTS) is 1. The Labute approximate surface area is 223 Å². The van der Waals surface area contributed by atoms with Crippen molar-refractivity contribution < 1.29 is 24.2 Å². The van der Waals surface area contributed by atoms with Gasteiger partial charge in [0.2, 0.25) is 0 Å². The summed E-state index contributed by atoms with van der Waals surface area (Å²) in [5.74, 6) is 1.04. The minimum Gasteiger partial charge on any atom is -0.494 e. The second kappa shape index (κ2) is 11.1. The van der Waals surface area contributed by atoms with Gasteiger partial charge in [0.1, 0.15) is 17.3 Å². The topological polar surface area (TPSA) is 88.1 Å². The number of Topliss-reactive ketones (excluding diaryl/α,β-unsaturated/α-hetero) is 1. The number of benzene rings is 3. The summed E-state index contributed by atoms with van der Waals surface area (Å²) in [5, 5.41) is 15.6. The number of nitrogens with zero attached hydrogens (tertiary/aromatic N) is 1. The highest BCUT2D eigenvalue weighted by Gasteiger charge is 2.36. The van der Waals surface area contributed by atoms with Gasteiger partial charge in [0.25, 0.3) is 0 Å². The predicted octanol–water partition coefficient (Wildman–Crippen LogP) is 4.67. The molecule has 1 aliphatic heterocycles. The number of carbonyl (C=O) groups excluding carboxylic acids is 1. The summed E-state index contributed by atoms with van der Waals surface area (Å²) >= 11 is 0. The van der Waals surface area contributed by atoms with E-state index in [0.29, 0.717) is 42.9 Å². The average Bonchev–Trinajstić information content (AvgIpc) is 3.24. The summed E-state index contributed by atoms with van der Waals surface area (Å²) < 4.78 is 11.6. The van der Waals surface area contributed by atoms with Crippen molar-refractivity contribution in [1.82, 2.24) is 10.2 Å². The van der Waals surface area contributed by atoms with Crippen LogP contribution in [0.3, 0.4) is 0 Å². The zero-order valence-corrected chi connectivity index (χ0v) is 22.1. The van der Waals surface area contributed by atoms with Crippen LogP contribution >= 0.6 is 0 Å². The Kier molecular flexibility index (Phi) is 7.68. The number of carboxylic acids is 1. The lowest BCUT2D eigenvalue weighted by Crippen LogP contribution is -2.43. The molecule has 0 spiro atoms. The maximum absolute atomic E-state index is 11.6. The Morgan fingerprint density at radius 3 is 2.45 bits per heavy atom. The molecule has 1 aliphatic carbocycles. The van der Waals surface area contributed by atoms with Crippen LogP contribution in [-0.4, -0.2) is 59.3 Å². The van der Waals surface area contributed by atoms with E-state index in [2.05, 4.69) is 52.7 Å². The number of ketones is 1. The van der Waals surface area contributed by atoms with Crippen molar-refractivity contribution in [3.63, 3.8) is 0 Å². The molecular weight excluding hydrogens is 480 g/mol. The summed E-state index contributed by atoms with van der Waals surface area (Å²) in [7, 11) is 0. The van der Waals surface area contributed by atoms with Gasteiger partial charge in [-0.2, -0.15) is 0 Å². The van der Waals surface area contributed by atoms with E-state index in [1.807, 2.05) is 0 Å². The van der Waals surface area contributed by atoms with Gasteiger partial charge in [-0.3, -0.25) is 15.0 Å². The second-order valence-electron chi connectivity index (χ2n) is 11.1. The van der Waals surface area contributed by atoms with Gasteiger partial charge in [-0.15, -0.1) is 0 Å². The molecular formula is C31H36N2O5. The molecule has 3 aromatic rings. The van der Waals surface area contributed by atoms with Crippen LogP contribution in [0.2, 0.25) is 0 Å². The SMILES string of the molecule is CC(C)(Oc1ccc(OCCC2CN(CC3CC(=O)C3)C(Cc3ccc4ccccc4c3)N2)cc1)C(=O)O. The first-order valence-electron chi connectivity index (χ1n) is 13.4. The zero-order valence-electron chi connectivity index (χ0n) is 22.1. The van der Waals surface area contributed by atoms with Crippen molar-refractivity contribution in [3.05, 3.63) is 72.3 Å². The molecule has 5 rings (SSSR count). The number of carbonyl (C=O) groups is 2. The van der Waals surface area contributed by atoms with Crippen LogP contribution in [0.4, 0.5) is 0 Å². The largest absolute Gasteiger partial charge is 0.494 e. The Balaban J connectivity index is 1.16. The Morgan fingerprint density at radius 1 is 1.03 bits per heavy atom. The van der Waals surface area contributed by atoms with E-state index in [4.69, 9.17) is 9.47 Å². The number of hydrogen-bond acceptors (Lipinski definition) is 6. The highest BCUT2D eigenvalue weighted by Crippen LogP contribution is 2.28. The van der Waals surface area contributed by atoms with Crippen LogP contribution in [0.25, 0.3) is 10.8 Å². The molecule has 1 heterocycles. The maximum Gasteiger partial charge on any atom is 0.347 e. The van der Waals surface area contributed by atoms with E-state index in [1.54, 1.807) is 24.3 Å². The lowest BCUT2D eigenvalue weighted by Gasteiger charge is -2.32. The average molecular weight is 517 g/mol. The summed E-state index contributed by atoms with van der Waals surface area (Å²) in [6.07, 6.45) is 3.41. The fourth-order valence-corrected chi connectivity index (χ4v) is 5.30. The molecule has 3 aromatic carbocycles. The summed E-state index contributed by atoms with van der Waals surface area (Å²) in [6, 6.07) is 22.5. The summed E-state index contributed by atoms with van der Waals surface area (Å²) in [4.78, 5) is 25.3. The van der Waals surface area contributed by atoms with Gasteiger partial charge in [-0.1, -0.05) is 42.5 Å². The van der Waals surface area contributed by atoms with E-state index in [-0.39, 0.29) is 6.17 Å². The number of ether oxygens (including phenoxy) is 2. The van der Waals surface area contributed by atoms with Crippen LogP contribution < -0.4 is 14.8 Å². The molecule has 38 heavy (non-hydrogen) atoms. The zero-order chi connectivity index (χ0) is 26.7. The van der Waals surface area contributed by atoms with Crippen LogP contribution in [0.5, 0.6) is 11.5 Å². The molecule has 200 valence electrons. The van der Waals surface area contributed by atoms with Gasteiger partial charge < -0.3 is 14.6 Å². The molecule has 0 amide bonds. The van der Waals surface area contributed by atoms with Crippen LogP contribution in [0.1, 0.15) is 38.7 Å². The Morgan fingerprint density at radius 2 is 1.74 bits per heavy atom. The molecule has 7 heteroatoms. The van der Waals surface area contributed by atoms with Crippen LogP contribution in [-0.2, 0) is 16.0 Å². The third kappa shape index (κ3) is 6.34.